The van der Waals surface area contributed by atoms with Crippen molar-refractivity contribution >= 4 is 29.5 Å². The molecule has 2 fully saturated rings. The van der Waals surface area contributed by atoms with Crippen LogP contribution < -0.4 is 10.6 Å². The molecule has 0 radical (unpaired) electrons. The Morgan fingerprint density at radius 1 is 1.25 bits per heavy atom. The fourth-order valence-electron chi connectivity index (χ4n) is 4.90. The van der Waals surface area contributed by atoms with Crippen molar-refractivity contribution in [2.75, 3.05) is 50.5 Å². The summed E-state index contributed by atoms with van der Waals surface area (Å²) in [5.41, 5.74) is 6.95. The topological polar surface area (TPSA) is 104 Å². The molecule has 2 aliphatic heterocycles. The van der Waals surface area contributed by atoms with Gasteiger partial charge in [-0.2, -0.15) is 4.98 Å². The molecule has 0 aliphatic carbocycles. The minimum absolute atomic E-state index is 0.186. The van der Waals surface area contributed by atoms with E-state index in [9.17, 15) is 4.79 Å². The normalized spacial score (nSPS) is 23.4. The van der Waals surface area contributed by atoms with Crippen LogP contribution in [0.3, 0.4) is 0 Å². The molecule has 32 heavy (non-hydrogen) atoms. The second-order valence-corrected chi connectivity index (χ2v) is 9.21. The molecular weight excluding hydrogens is 430 g/mol. The number of piperidine rings is 1. The molecule has 2 aliphatic rings. The van der Waals surface area contributed by atoms with E-state index in [1.54, 1.807) is 0 Å². The number of methoxy groups -OCH3 is 1. The van der Waals surface area contributed by atoms with Gasteiger partial charge in [0.15, 0.2) is 0 Å². The Morgan fingerprint density at radius 3 is 2.59 bits per heavy atom. The van der Waals surface area contributed by atoms with Crippen LogP contribution in [-0.2, 0) is 16.0 Å². The number of aromatic nitrogens is 3. The molecule has 4 rings (SSSR count). The number of hydrogen-bond acceptors (Lipinski definition) is 8. The van der Waals surface area contributed by atoms with E-state index in [2.05, 4.69) is 48.9 Å². The molecule has 3 heterocycles. The van der Waals surface area contributed by atoms with Crippen LogP contribution in [0.4, 0.5) is 11.9 Å². The fourth-order valence-corrected chi connectivity index (χ4v) is 5.03. The van der Waals surface area contributed by atoms with Crippen molar-refractivity contribution in [1.82, 2.24) is 25.0 Å². The first-order chi connectivity index (χ1) is 15.4. The third kappa shape index (κ3) is 5.33. The summed E-state index contributed by atoms with van der Waals surface area (Å²) in [6, 6.07) is 9.15. The molecule has 3 N–H and O–H groups in total. The Labute approximate surface area is 193 Å². The number of piperazine rings is 1. The summed E-state index contributed by atoms with van der Waals surface area (Å²) in [4.78, 5) is 23.3. The van der Waals surface area contributed by atoms with E-state index in [4.69, 9.17) is 22.1 Å². The Balaban J connectivity index is 1.46. The molecule has 2 unspecified atom stereocenters. The lowest BCUT2D eigenvalue weighted by atomic mass is 9.94. The second kappa shape index (κ2) is 10.1. The van der Waals surface area contributed by atoms with Crippen LogP contribution in [-0.4, -0.2) is 88.9 Å². The molecule has 0 amide bonds. The number of esters is 1. The predicted octanol–water partition coefficient (Wildman–Crippen LogP) is 1.80. The van der Waals surface area contributed by atoms with E-state index in [0.717, 1.165) is 50.5 Å². The molecule has 9 nitrogen and oxygen atoms in total. The highest BCUT2D eigenvalue weighted by Gasteiger charge is 2.37. The Bertz CT molecular complexity index is 898. The van der Waals surface area contributed by atoms with E-state index >= 15 is 0 Å². The van der Waals surface area contributed by atoms with Gasteiger partial charge in [-0.1, -0.05) is 23.7 Å². The number of benzene rings is 1. The fraction of sp³-hybridized carbons (Fsp3) is 0.591. The highest BCUT2D eigenvalue weighted by atomic mass is 35.5. The highest BCUT2D eigenvalue weighted by Crippen LogP contribution is 2.27. The number of carbonyl (C=O) groups excluding carboxylic acids is 1. The van der Waals surface area contributed by atoms with Crippen LogP contribution in [0.1, 0.15) is 25.3 Å². The molecule has 0 bridgehead atoms. The summed E-state index contributed by atoms with van der Waals surface area (Å²) in [7, 11) is 1.45. The van der Waals surface area contributed by atoms with Crippen molar-refractivity contribution in [2.45, 2.75) is 44.3 Å². The van der Waals surface area contributed by atoms with Gasteiger partial charge in [-0.15, -0.1) is 5.10 Å². The van der Waals surface area contributed by atoms with Gasteiger partial charge in [0.05, 0.1) is 13.7 Å². The van der Waals surface area contributed by atoms with Crippen molar-refractivity contribution in [2.24, 2.45) is 0 Å². The van der Waals surface area contributed by atoms with Gasteiger partial charge in [0, 0.05) is 49.3 Å². The van der Waals surface area contributed by atoms with Gasteiger partial charge in [0.2, 0.25) is 11.9 Å². The first-order valence-corrected chi connectivity index (χ1v) is 11.5. The number of halogens is 1. The molecule has 10 heteroatoms. The number of nitrogens with two attached hydrogens (primary N) is 1. The molecular formula is C22H32ClN7O2. The molecule has 2 saturated heterocycles. The summed E-state index contributed by atoms with van der Waals surface area (Å²) >= 11 is 6.09. The average Bonchev–Trinajstić information content (AvgIpc) is 3.23. The smallest absolute Gasteiger partial charge is 0.319 e. The number of nitrogens with zero attached hydrogens (tertiary/aromatic N) is 5. The zero-order chi connectivity index (χ0) is 22.7. The lowest BCUT2D eigenvalue weighted by molar-refractivity contribution is -0.143. The number of ether oxygens (including phenoxy) is 1. The predicted molar refractivity (Wildman–Crippen MR) is 125 cm³/mol. The van der Waals surface area contributed by atoms with Gasteiger partial charge in [0.25, 0.3) is 0 Å². The third-order valence-corrected chi connectivity index (χ3v) is 6.92. The molecule has 1 aromatic heterocycles. The maximum Gasteiger partial charge on any atom is 0.319 e. The van der Waals surface area contributed by atoms with Gasteiger partial charge in [-0.25, -0.2) is 5.10 Å². The largest absolute Gasteiger partial charge is 0.468 e. The minimum atomic E-state index is -0.186. The van der Waals surface area contributed by atoms with E-state index in [-0.39, 0.29) is 12.0 Å². The third-order valence-electron chi connectivity index (χ3n) is 6.66. The number of rotatable bonds is 6. The summed E-state index contributed by atoms with van der Waals surface area (Å²) in [5.74, 6) is 0.838. The van der Waals surface area contributed by atoms with Gasteiger partial charge < -0.3 is 15.4 Å². The van der Waals surface area contributed by atoms with Crippen LogP contribution in [0, 0.1) is 0 Å². The number of hydrogen-bond donors (Lipinski definition) is 2. The standard InChI is InChI=1S/C22H32ClN7O2/c1-15-12-30(18-7-9-28(10-8-18)22-25-21(24)26-27-22)19(13-29(15)14-20(31)32-2)11-16-3-5-17(23)6-4-16/h3-6,15,18-19H,7-14H2,1-2H3,(H3,24,25,26,27). The van der Waals surface area contributed by atoms with Crippen LogP contribution in [0.15, 0.2) is 24.3 Å². The number of nitrogens with one attached hydrogen (secondary N) is 1. The Kier molecular flexibility index (Phi) is 7.17. The molecule has 174 valence electrons. The number of aromatic amines is 1. The second-order valence-electron chi connectivity index (χ2n) is 8.77. The van der Waals surface area contributed by atoms with Crippen molar-refractivity contribution < 1.29 is 9.53 Å². The van der Waals surface area contributed by atoms with Gasteiger partial charge in [-0.05, 0) is 43.9 Å². The van der Waals surface area contributed by atoms with Gasteiger partial charge in [0.1, 0.15) is 0 Å². The Morgan fingerprint density at radius 2 is 1.97 bits per heavy atom. The van der Waals surface area contributed by atoms with Gasteiger partial charge >= 0.3 is 5.97 Å². The van der Waals surface area contributed by atoms with Crippen molar-refractivity contribution in [3.8, 4) is 0 Å². The summed E-state index contributed by atoms with van der Waals surface area (Å²) in [6.45, 7) is 6.07. The lowest BCUT2D eigenvalue weighted by Gasteiger charge is -2.50. The lowest BCUT2D eigenvalue weighted by Crippen LogP contribution is -2.62. The van der Waals surface area contributed by atoms with Crippen molar-refractivity contribution in [3.05, 3.63) is 34.9 Å². The van der Waals surface area contributed by atoms with Crippen LogP contribution in [0.5, 0.6) is 0 Å². The SMILES string of the molecule is COC(=O)CN1CC(Cc2ccc(Cl)cc2)N(C2CCN(c3n[nH]c(N)n3)CC2)CC1C. The van der Waals surface area contributed by atoms with Crippen molar-refractivity contribution in [3.63, 3.8) is 0 Å². The van der Waals surface area contributed by atoms with Gasteiger partial charge in [-0.3, -0.25) is 14.6 Å². The molecule has 1 aromatic carbocycles. The van der Waals surface area contributed by atoms with Crippen molar-refractivity contribution in [1.29, 1.82) is 0 Å². The molecule has 2 aromatic rings. The number of nitrogen functional groups attached to an aromatic ring is 1. The summed E-state index contributed by atoms with van der Waals surface area (Å²) in [6.07, 6.45) is 2.99. The number of anilines is 2. The number of carbonyl (C=O) groups is 1. The minimum Gasteiger partial charge on any atom is -0.468 e. The summed E-state index contributed by atoms with van der Waals surface area (Å²) < 4.78 is 4.93. The van der Waals surface area contributed by atoms with Crippen LogP contribution in [0.2, 0.25) is 5.02 Å². The van der Waals surface area contributed by atoms with Crippen LogP contribution >= 0.6 is 11.6 Å². The average molecular weight is 462 g/mol. The van der Waals surface area contributed by atoms with E-state index in [1.807, 2.05) is 12.1 Å². The monoisotopic (exact) mass is 461 g/mol. The van der Waals surface area contributed by atoms with E-state index < -0.39 is 0 Å². The molecule has 0 spiro atoms. The number of H-pyrrole nitrogens is 1. The molecule has 2 atom stereocenters. The first kappa shape index (κ1) is 22.8. The quantitative estimate of drug-likeness (QED) is 0.627. The molecule has 0 saturated carbocycles. The zero-order valence-electron chi connectivity index (χ0n) is 18.7. The van der Waals surface area contributed by atoms with E-state index in [1.165, 1.54) is 12.7 Å². The Hall–Kier alpha value is -2.36. The van der Waals surface area contributed by atoms with E-state index in [0.29, 0.717) is 30.5 Å². The zero-order valence-corrected chi connectivity index (χ0v) is 19.5. The summed E-state index contributed by atoms with van der Waals surface area (Å²) in [5, 5.41) is 7.67. The maximum atomic E-state index is 12.0. The highest BCUT2D eigenvalue weighted by molar-refractivity contribution is 6.30. The van der Waals surface area contributed by atoms with Crippen LogP contribution in [0.25, 0.3) is 0 Å². The first-order valence-electron chi connectivity index (χ1n) is 11.2. The maximum absolute atomic E-state index is 12.0.